The number of aliphatic imine (C=N–C) groups is 1. The molecule has 2 N–H and O–H groups in total. The van der Waals surface area contributed by atoms with Crippen molar-refractivity contribution in [2.45, 2.75) is 32.4 Å². The van der Waals surface area contributed by atoms with Gasteiger partial charge in [-0.15, -0.1) is 0 Å². The summed E-state index contributed by atoms with van der Waals surface area (Å²) < 4.78 is 5.78. The summed E-state index contributed by atoms with van der Waals surface area (Å²) in [7, 11) is 0. The normalized spacial score (nSPS) is 15.1. The molecule has 2 aromatic rings. The van der Waals surface area contributed by atoms with Gasteiger partial charge in [0.2, 0.25) is 5.89 Å². The summed E-state index contributed by atoms with van der Waals surface area (Å²) in [5.41, 5.74) is 1.03. The van der Waals surface area contributed by atoms with E-state index in [2.05, 4.69) is 39.7 Å². The minimum Gasteiger partial charge on any atom is -0.439 e. The van der Waals surface area contributed by atoms with Crippen molar-refractivity contribution in [3.63, 3.8) is 0 Å². The summed E-state index contributed by atoms with van der Waals surface area (Å²) >= 11 is 0. The van der Waals surface area contributed by atoms with Gasteiger partial charge in [-0.2, -0.15) is 0 Å². The van der Waals surface area contributed by atoms with E-state index in [1.807, 2.05) is 30.3 Å². The highest BCUT2D eigenvalue weighted by Gasteiger charge is 2.12. The van der Waals surface area contributed by atoms with Crippen LogP contribution in [0.1, 0.15) is 25.7 Å². The van der Waals surface area contributed by atoms with Gasteiger partial charge >= 0.3 is 0 Å². The minimum absolute atomic E-state index is 0.419. The van der Waals surface area contributed by atoms with Crippen LogP contribution in [0.4, 0.5) is 0 Å². The fraction of sp³-hybridized carbons (Fsp3) is 0.333. The van der Waals surface area contributed by atoms with Crippen LogP contribution in [0.3, 0.4) is 0 Å². The zero-order chi connectivity index (χ0) is 15.9. The van der Waals surface area contributed by atoms with Gasteiger partial charge in [0, 0.05) is 18.2 Å². The Hall–Kier alpha value is -2.56. The molecule has 1 aliphatic carbocycles. The van der Waals surface area contributed by atoms with Gasteiger partial charge in [0.25, 0.3) is 0 Å². The first-order valence-corrected chi connectivity index (χ1v) is 8.05. The third-order valence-electron chi connectivity index (χ3n) is 3.68. The van der Waals surface area contributed by atoms with Crippen molar-refractivity contribution < 1.29 is 4.42 Å². The summed E-state index contributed by atoms with van der Waals surface area (Å²) in [4.78, 5) is 8.88. The topological polar surface area (TPSA) is 62.5 Å². The molecule has 0 saturated carbocycles. The Morgan fingerprint density at radius 2 is 2.04 bits per heavy atom. The molecule has 0 unspecified atom stereocenters. The first kappa shape index (κ1) is 15.3. The molecule has 120 valence electrons. The highest BCUT2D eigenvalue weighted by molar-refractivity contribution is 5.80. The van der Waals surface area contributed by atoms with Crippen LogP contribution < -0.4 is 10.6 Å². The van der Waals surface area contributed by atoms with Gasteiger partial charge in [0.15, 0.2) is 11.7 Å². The van der Waals surface area contributed by atoms with Crippen LogP contribution in [0.5, 0.6) is 0 Å². The van der Waals surface area contributed by atoms with Crippen LogP contribution in [-0.2, 0) is 6.54 Å². The van der Waals surface area contributed by atoms with E-state index in [-0.39, 0.29) is 0 Å². The van der Waals surface area contributed by atoms with Crippen molar-refractivity contribution in [2.75, 3.05) is 6.54 Å². The van der Waals surface area contributed by atoms with Crippen molar-refractivity contribution in [3.05, 3.63) is 54.6 Å². The maximum absolute atomic E-state index is 5.78. The molecule has 23 heavy (non-hydrogen) atoms. The largest absolute Gasteiger partial charge is 0.439 e. The molecule has 1 heterocycles. The molecule has 1 aromatic heterocycles. The Balaban J connectivity index is 1.64. The van der Waals surface area contributed by atoms with Crippen LogP contribution >= 0.6 is 0 Å². The van der Waals surface area contributed by atoms with Crippen LogP contribution in [-0.4, -0.2) is 23.5 Å². The zero-order valence-electron chi connectivity index (χ0n) is 13.3. The first-order valence-electron chi connectivity index (χ1n) is 8.05. The van der Waals surface area contributed by atoms with Gasteiger partial charge < -0.3 is 15.1 Å². The monoisotopic (exact) mass is 310 g/mol. The second kappa shape index (κ2) is 7.63. The summed E-state index contributed by atoms with van der Waals surface area (Å²) in [6, 6.07) is 10.4. The number of guanidine groups is 1. The summed E-state index contributed by atoms with van der Waals surface area (Å²) in [5.74, 6) is 2.19. The average Bonchev–Trinajstić information content (AvgIpc) is 3.25. The molecule has 0 radical (unpaired) electrons. The Morgan fingerprint density at radius 1 is 1.26 bits per heavy atom. The molecule has 0 amide bonds. The predicted molar refractivity (Wildman–Crippen MR) is 92.1 cm³/mol. The Labute approximate surface area is 136 Å². The number of hydrogen-bond donors (Lipinski definition) is 2. The van der Waals surface area contributed by atoms with E-state index in [0.29, 0.717) is 18.5 Å². The summed E-state index contributed by atoms with van der Waals surface area (Å²) in [5, 5.41) is 6.69. The fourth-order valence-electron chi connectivity index (χ4n) is 2.51. The number of benzene rings is 1. The van der Waals surface area contributed by atoms with E-state index < -0.39 is 0 Å². The molecule has 0 aliphatic heterocycles. The van der Waals surface area contributed by atoms with E-state index in [1.54, 1.807) is 6.20 Å². The molecule has 0 bridgehead atoms. The van der Waals surface area contributed by atoms with Crippen molar-refractivity contribution in [1.29, 1.82) is 0 Å². The predicted octanol–water partition coefficient (Wildman–Crippen LogP) is 3.12. The Morgan fingerprint density at radius 3 is 2.78 bits per heavy atom. The third kappa shape index (κ3) is 4.22. The molecule has 0 atom stereocenters. The smallest absolute Gasteiger partial charge is 0.216 e. The number of hydrogen-bond acceptors (Lipinski definition) is 3. The van der Waals surface area contributed by atoms with Gasteiger partial charge in [-0.25, -0.2) is 9.98 Å². The quantitative estimate of drug-likeness (QED) is 0.506. The van der Waals surface area contributed by atoms with Gasteiger partial charge in [0.05, 0.1) is 6.20 Å². The second-order valence-corrected chi connectivity index (χ2v) is 5.46. The Kier molecular flexibility index (Phi) is 5.09. The molecule has 0 fully saturated rings. The van der Waals surface area contributed by atoms with E-state index >= 15 is 0 Å². The van der Waals surface area contributed by atoms with Crippen LogP contribution in [0, 0.1) is 0 Å². The van der Waals surface area contributed by atoms with Crippen molar-refractivity contribution in [1.82, 2.24) is 15.6 Å². The van der Waals surface area contributed by atoms with Crippen LogP contribution in [0.2, 0.25) is 0 Å². The lowest BCUT2D eigenvalue weighted by molar-refractivity contribution is 0.508. The second-order valence-electron chi connectivity index (χ2n) is 5.46. The highest BCUT2D eigenvalue weighted by atomic mass is 16.4. The van der Waals surface area contributed by atoms with Crippen LogP contribution in [0.25, 0.3) is 11.3 Å². The lowest BCUT2D eigenvalue weighted by atomic mass is 10.2. The van der Waals surface area contributed by atoms with Gasteiger partial charge in [-0.1, -0.05) is 42.5 Å². The third-order valence-corrected chi connectivity index (χ3v) is 3.68. The maximum atomic E-state index is 5.78. The van der Waals surface area contributed by atoms with Crippen molar-refractivity contribution >= 4 is 5.96 Å². The molecule has 5 heteroatoms. The highest BCUT2D eigenvalue weighted by Crippen LogP contribution is 2.19. The number of oxazole rings is 1. The van der Waals surface area contributed by atoms with Gasteiger partial charge in [-0.3, -0.25) is 0 Å². The van der Waals surface area contributed by atoms with Crippen molar-refractivity contribution in [2.24, 2.45) is 4.99 Å². The number of rotatable bonds is 5. The minimum atomic E-state index is 0.419. The molecular weight excluding hydrogens is 288 g/mol. The van der Waals surface area contributed by atoms with E-state index in [4.69, 9.17) is 4.42 Å². The number of nitrogens with zero attached hydrogens (tertiary/aromatic N) is 2. The molecule has 5 nitrogen and oxygen atoms in total. The zero-order valence-corrected chi connectivity index (χ0v) is 13.3. The Bertz CT molecular complexity index is 667. The lowest BCUT2D eigenvalue weighted by Crippen LogP contribution is -2.42. The standard InChI is InChI=1S/C18H22N4O/c1-2-19-18(22-15-10-6-7-11-15)21-13-17-20-12-16(23-17)14-8-4-3-5-9-14/h3-9,12,15H,2,10-11,13H2,1H3,(H2,19,21,22). The molecule has 1 aromatic carbocycles. The van der Waals surface area contributed by atoms with E-state index in [0.717, 1.165) is 36.7 Å². The maximum Gasteiger partial charge on any atom is 0.216 e. The van der Waals surface area contributed by atoms with Gasteiger partial charge in [-0.05, 0) is 19.8 Å². The summed E-state index contributed by atoms with van der Waals surface area (Å²) in [6.07, 6.45) is 8.23. The SMILES string of the molecule is CCNC(=NCc1ncc(-c2ccccc2)o1)NC1CC=CC1. The summed E-state index contributed by atoms with van der Waals surface area (Å²) in [6.45, 7) is 3.30. The van der Waals surface area contributed by atoms with Crippen LogP contribution in [0.15, 0.2) is 58.1 Å². The number of aromatic nitrogens is 1. The van der Waals surface area contributed by atoms with Crippen molar-refractivity contribution in [3.8, 4) is 11.3 Å². The lowest BCUT2D eigenvalue weighted by Gasteiger charge is -2.16. The molecule has 3 rings (SSSR count). The molecular formula is C18H22N4O. The first-order chi connectivity index (χ1) is 11.3. The van der Waals surface area contributed by atoms with E-state index in [1.165, 1.54) is 0 Å². The number of nitrogens with one attached hydrogen (secondary N) is 2. The molecule has 0 spiro atoms. The van der Waals surface area contributed by atoms with Gasteiger partial charge in [0.1, 0.15) is 6.54 Å². The molecule has 1 aliphatic rings. The fourth-order valence-corrected chi connectivity index (χ4v) is 2.51. The van der Waals surface area contributed by atoms with E-state index in [9.17, 15) is 0 Å². The average molecular weight is 310 g/mol. The molecule has 0 saturated heterocycles.